The van der Waals surface area contributed by atoms with Gasteiger partial charge in [0.1, 0.15) is 15.8 Å². The maximum atomic E-state index is 12.4. The molecule has 0 aliphatic carbocycles. The number of sulfonamides is 1. The molecule has 2 aromatic rings. The summed E-state index contributed by atoms with van der Waals surface area (Å²) in [4.78, 5) is 7.86. The first kappa shape index (κ1) is 15.5. The molecule has 1 aromatic carbocycles. The van der Waals surface area contributed by atoms with Gasteiger partial charge < -0.3 is 4.74 Å². The molecule has 0 aliphatic rings. The molecule has 0 amide bonds. The summed E-state index contributed by atoms with van der Waals surface area (Å²) in [6, 6.07) is 6.40. The Labute approximate surface area is 128 Å². The van der Waals surface area contributed by atoms with Crippen LogP contribution in [0.15, 0.2) is 29.2 Å². The van der Waals surface area contributed by atoms with E-state index in [1.165, 1.54) is 19.2 Å². The maximum absolute atomic E-state index is 12.4. The fraction of sp³-hybridized carbons (Fsp3) is 0.231. The minimum absolute atomic E-state index is 0.0197. The summed E-state index contributed by atoms with van der Waals surface area (Å²) in [6.07, 6.45) is 0. The van der Waals surface area contributed by atoms with Gasteiger partial charge in [0.05, 0.1) is 7.11 Å². The third kappa shape index (κ3) is 3.62. The largest absolute Gasteiger partial charge is 0.495 e. The van der Waals surface area contributed by atoms with Gasteiger partial charge in [0.15, 0.2) is 0 Å². The van der Waals surface area contributed by atoms with E-state index in [9.17, 15) is 8.42 Å². The Kier molecular flexibility index (Phi) is 4.34. The van der Waals surface area contributed by atoms with Crippen molar-refractivity contribution in [3.8, 4) is 5.75 Å². The number of methoxy groups -OCH3 is 1. The molecule has 6 nitrogen and oxygen atoms in total. The number of nitrogens with zero attached hydrogens (tertiary/aromatic N) is 2. The minimum Gasteiger partial charge on any atom is -0.495 e. The van der Waals surface area contributed by atoms with Crippen LogP contribution in [0.4, 0.5) is 5.95 Å². The van der Waals surface area contributed by atoms with E-state index in [4.69, 9.17) is 16.3 Å². The Hall–Kier alpha value is -1.86. The molecule has 21 heavy (non-hydrogen) atoms. The number of hydrogen-bond acceptors (Lipinski definition) is 5. The molecule has 0 aliphatic heterocycles. The third-order valence-electron chi connectivity index (χ3n) is 2.66. The van der Waals surface area contributed by atoms with E-state index in [0.717, 1.165) is 5.56 Å². The fourth-order valence-corrected chi connectivity index (χ4v) is 3.18. The van der Waals surface area contributed by atoms with Crippen molar-refractivity contribution in [3.05, 3.63) is 40.7 Å². The highest BCUT2D eigenvalue weighted by atomic mass is 35.5. The lowest BCUT2D eigenvalue weighted by molar-refractivity contribution is 0.402. The van der Waals surface area contributed by atoms with Gasteiger partial charge in [0.2, 0.25) is 5.95 Å². The number of nitrogens with one attached hydrogen (secondary N) is 1. The number of ether oxygens (including phenoxy) is 1. The van der Waals surface area contributed by atoms with Crippen molar-refractivity contribution >= 4 is 27.6 Å². The van der Waals surface area contributed by atoms with Crippen molar-refractivity contribution in [2.45, 2.75) is 18.7 Å². The van der Waals surface area contributed by atoms with E-state index in [1.54, 1.807) is 26.0 Å². The van der Waals surface area contributed by atoms with Crippen LogP contribution in [0.3, 0.4) is 0 Å². The molecule has 0 fully saturated rings. The van der Waals surface area contributed by atoms with Gasteiger partial charge in [-0.1, -0.05) is 17.7 Å². The summed E-state index contributed by atoms with van der Waals surface area (Å²) < 4.78 is 32.3. The molecule has 0 atom stereocenters. The lowest BCUT2D eigenvalue weighted by Gasteiger charge is -2.11. The zero-order chi connectivity index (χ0) is 15.6. The molecule has 1 heterocycles. The molecule has 8 heteroatoms. The Balaban J connectivity index is 2.45. The molecular formula is C13H14ClN3O3S. The van der Waals surface area contributed by atoms with Crippen molar-refractivity contribution in [2.75, 3.05) is 11.8 Å². The van der Waals surface area contributed by atoms with E-state index >= 15 is 0 Å². The van der Waals surface area contributed by atoms with Gasteiger partial charge in [0, 0.05) is 5.69 Å². The third-order valence-corrected chi connectivity index (χ3v) is 4.20. The van der Waals surface area contributed by atoms with Gasteiger partial charge >= 0.3 is 0 Å². The van der Waals surface area contributed by atoms with Gasteiger partial charge in [-0.25, -0.2) is 23.1 Å². The smallest absolute Gasteiger partial charge is 0.267 e. The number of rotatable bonds is 4. The number of anilines is 1. The van der Waals surface area contributed by atoms with E-state index in [1.807, 2.05) is 0 Å². The predicted octanol–water partition coefficient (Wildman–Crippen LogP) is 2.56. The van der Waals surface area contributed by atoms with E-state index in [2.05, 4.69) is 14.7 Å². The van der Waals surface area contributed by atoms with Crippen LogP contribution in [0.1, 0.15) is 11.3 Å². The minimum atomic E-state index is -3.87. The van der Waals surface area contributed by atoms with Crippen LogP contribution in [-0.4, -0.2) is 25.5 Å². The predicted molar refractivity (Wildman–Crippen MR) is 80.3 cm³/mol. The molecular weight excluding hydrogens is 314 g/mol. The molecule has 0 unspecified atom stereocenters. The van der Waals surface area contributed by atoms with Crippen LogP contribution in [0.5, 0.6) is 5.75 Å². The molecule has 0 saturated heterocycles. The van der Waals surface area contributed by atoms with Gasteiger partial charge in [-0.2, -0.15) is 0 Å². The summed E-state index contributed by atoms with van der Waals surface area (Å²) in [5.74, 6) is 0.162. The number of aryl methyl sites for hydroxylation is 2. The summed E-state index contributed by atoms with van der Waals surface area (Å²) in [5.41, 5.74) is 1.35. The van der Waals surface area contributed by atoms with Crippen LogP contribution in [0.2, 0.25) is 5.15 Å². The van der Waals surface area contributed by atoms with Crippen molar-refractivity contribution in [1.82, 2.24) is 9.97 Å². The van der Waals surface area contributed by atoms with E-state index < -0.39 is 10.0 Å². The fourth-order valence-electron chi connectivity index (χ4n) is 1.74. The average molecular weight is 328 g/mol. The standard InChI is InChI=1S/C13H14ClN3O3S/c1-8-4-5-10(20-3)11(6-8)21(18,19)17-13-15-9(2)7-12(14)16-13/h4-7H,1-3H3,(H,15,16,17). The molecule has 0 spiro atoms. The Bertz CT molecular complexity index is 758. The van der Waals surface area contributed by atoms with Crippen molar-refractivity contribution < 1.29 is 13.2 Å². The van der Waals surface area contributed by atoms with Crippen molar-refractivity contribution in [3.63, 3.8) is 0 Å². The van der Waals surface area contributed by atoms with Crippen LogP contribution in [0, 0.1) is 13.8 Å². The van der Waals surface area contributed by atoms with E-state index in [0.29, 0.717) is 5.69 Å². The average Bonchev–Trinajstić information content (AvgIpc) is 2.36. The number of hydrogen-bond donors (Lipinski definition) is 1. The molecule has 0 radical (unpaired) electrons. The first-order valence-corrected chi connectivity index (χ1v) is 7.86. The first-order chi connectivity index (χ1) is 9.81. The summed E-state index contributed by atoms with van der Waals surface area (Å²) in [6.45, 7) is 3.48. The van der Waals surface area contributed by atoms with Crippen molar-refractivity contribution in [2.24, 2.45) is 0 Å². The summed E-state index contributed by atoms with van der Waals surface area (Å²) in [5, 5.41) is 0.163. The second-order valence-corrected chi connectivity index (χ2v) is 6.45. The summed E-state index contributed by atoms with van der Waals surface area (Å²) in [7, 11) is -2.46. The lowest BCUT2D eigenvalue weighted by atomic mass is 10.2. The second-order valence-electron chi connectivity index (χ2n) is 4.42. The van der Waals surface area contributed by atoms with Crippen LogP contribution >= 0.6 is 11.6 Å². The van der Waals surface area contributed by atoms with Gasteiger partial charge in [-0.15, -0.1) is 0 Å². The van der Waals surface area contributed by atoms with Gasteiger partial charge in [-0.3, -0.25) is 0 Å². The Morgan fingerprint density at radius 3 is 2.52 bits per heavy atom. The molecule has 2 rings (SSSR count). The molecule has 112 valence electrons. The van der Waals surface area contributed by atoms with Crippen molar-refractivity contribution in [1.29, 1.82) is 0 Å². The topological polar surface area (TPSA) is 81.2 Å². The normalized spacial score (nSPS) is 11.2. The maximum Gasteiger partial charge on any atom is 0.267 e. The number of halogens is 1. The zero-order valence-electron chi connectivity index (χ0n) is 11.7. The number of benzene rings is 1. The SMILES string of the molecule is COc1ccc(C)cc1S(=O)(=O)Nc1nc(C)cc(Cl)n1. The Morgan fingerprint density at radius 1 is 1.19 bits per heavy atom. The molecule has 0 saturated carbocycles. The monoisotopic (exact) mass is 327 g/mol. The Morgan fingerprint density at radius 2 is 1.90 bits per heavy atom. The van der Waals surface area contributed by atoms with Crippen LogP contribution in [0.25, 0.3) is 0 Å². The first-order valence-electron chi connectivity index (χ1n) is 6.00. The van der Waals surface area contributed by atoms with Gasteiger partial charge in [0.25, 0.3) is 10.0 Å². The second kappa shape index (κ2) is 5.87. The number of aromatic nitrogens is 2. The molecule has 1 N–H and O–H groups in total. The lowest BCUT2D eigenvalue weighted by Crippen LogP contribution is -2.16. The molecule has 0 bridgehead atoms. The highest BCUT2D eigenvalue weighted by molar-refractivity contribution is 7.92. The quantitative estimate of drug-likeness (QED) is 0.873. The summed E-state index contributed by atoms with van der Waals surface area (Å²) >= 11 is 5.80. The highest BCUT2D eigenvalue weighted by Gasteiger charge is 2.21. The van der Waals surface area contributed by atoms with Gasteiger partial charge in [-0.05, 0) is 37.6 Å². The highest BCUT2D eigenvalue weighted by Crippen LogP contribution is 2.26. The van der Waals surface area contributed by atoms with Crippen LogP contribution in [-0.2, 0) is 10.0 Å². The van der Waals surface area contributed by atoms with Crippen LogP contribution < -0.4 is 9.46 Å². The molecule has 1 aromatic heterocycles. The van der Waals surface area contributed by atoms with E-state index in [-0.39, 0.29) is 21.7 Å². The zero-order valence-corrected chi connectivity index (χ0v) is 13.3.